The molecule has 0 aromatic carbocycles. The fourth-order valence-electron chi connectivity index (χ4n) is 1.10. The molecule has 0 aliphatic rings. The maximum absolute atomic E-state index is 13.0. The van der Waals surface area contributed by atoms with Crippen molar-refractivity contribution >= 4 is 6.16 Å². The molecule has 0 N–H and O–H groups in total. The fraction of sp³-hybridized carbons (Fsp3) is 0.900. The third-order valence-corrected chi connectivity index (χ3v) is 2.47. The van der Waals surface area contributed by atoms with Gasteiger partial charge in [0.1, 0.15) is 0 Å². The smallest absolute Gasteiger partial charge is 0.434 e. The molecule has 0 spiro atoms. The van der Waals surface area contributed by atoms with Crippen molar-refractivity contribution in [3.05, 3.63) is 0 Å². The molecule has 15 heteroatoms. The number of rotatable bonds is 8. The molecule has 0 aliphatic carbocycles. The molecule has 0 amide bonds. The number of ether oxygens (including phenoxy) is 2. The van der Waals surface area contributed by atoms with Crippen molar-refractivity contribution in [2.24, 2.45) is 0 Å². The van der Waals surface area contributed by atoms with Gasteiger partial charge in [-0.3, -0.25) is 4.39 Å². The second-order valence-electron chi connectivity index (χ2n) is 4.36. The van der Waals surface area contributed by atoms with Gasteiger partial charge < -0.3 is 9.47 Å². The first kappa shape index (κ1) is 23.4. The minimum Gasteiger partial charge on any atom is -0.434 e. The van der Waals surface area contributed by atoms with Gasteiger partial charge in [-0.1, -0.05) is 0 Å². The van der Waals surface area contributed by atoms with Gasteiger partial charge in [0.2, 0.25) is 0 Å². The number of hydrogen-bond acceptors (Lipinski definition) is 3. The van der Waals surface area contributed by atoms with Gasteiger partial charge in [-0.15, -0.1) is 0 Å². The molecular formula is C10H8F12O3. The zero-order chi connectivity index (χ0) is 20.3. The van der Waals surface area contributed by atoms with Crippen LogP contribution in [0.1, 0.15) is 6.42 Å². The summed E-state index contributed by atoms with van der Waals surface area (Å²) in [6, 6.07) is 0. The van der Waals surface area contributed by atoms with Gasteiger partial charge in [-0.2, -0.15) is 48.3 Å². The summed E-state index contributed by atoms with van der Waals surface area (Å²) in [5, 5.41) is 0. The molecule has 0 atom stereocenters. The molecule has 0 bridgehead atoms. The number of halogens is 12. The standard InChI is InChI=1S/C10H8F12O3/c11-2-1-3-24-5(23)25-4-6(12,13)7(14,15)8(16,17)9(18,19)10(20,21)22/h1-4H2. The maximum atomic E-state index is 13.0. The molecule has 150 valence electrons. The van der Waals surface area contributed by atoms with Crippen LogP contribution in [0, 0.1) is 0 Å². The summed E-state index contributed by atoms with van der Waals surface area (Å²) in [7, 11) is 0. The number of hydrogen-bond donors (Lipinski definition) is 0. The van der Waals surface area contributed by atoms with Crippen LogP contribution in [0.3, 0.4) is 0 Å². The highest BCUT2D eigenvalue weighted by molar-refractivity contribution is 5.59. The summed E-state index contributed by atoms with van der Waals surface area (Å²) in [6.45, 7) is -4.85. The summed E-state index contributed by atoms with van der Waals surface area (Å²) in [6.07, 6.45) is -9.94. The predicted octanol–water partition coefficient (Wildman–Crippen LogP) is 4.60. The Morgan fingerprint density at radius 3 is 1.60 bits per heavy atom. The Balaban J connectivity index is 5.29. The van der Waals surface area contributed by atoms with Gasteiger partial charge in [0, 0.05) is 6.42 Å². The highest BCUT2D eigenvalue weighted by Crippen LogP contribution is 2.57. The van der Waals surface area contributed by atoms with Gasteiger partial charge in [0.05, 0.1) is 13.3 Å². The van der Waals surface area contributed by atoms with Crippen LogP contribution < -0.4 is 0 Å². The predicted molar refractivity (Wildman–Crippen MR) is 53.7 cm³/mol. The normalized spacial score (nSPS) is 14.4. The number of carbonyl (C=O) groups is 1. The summed E-state index contributed by atoms with van der Waals surface area (Å²) < 4.78 is 157. The first-order chi connectivity index (χ1) is 11.0. The first-order valence-electron chi connectivity index (χ1n) is 5.89. The molecule has 0 heterocycles. The summed E-state index contributed by atoms with van der Waals surface area (Å²) in [5.41, 5.74) is 0. The third-order valence-electron chi connectivity index (χ3n) is 2.47. The van der Waals surface area contributed by atoms with Crippen molar-refractivity contribution in [3.63, 3.8) is 0 Å². The van der Waals surface area contributed by atoms with Gasteiger partial charge >= 0.3 is 36.0 Å². The Morgan fingerprint density at radius 1 is 0.720 bits per heavy atom. The van der Waals surface area contributed by atoms with Gasteiger partial charge in [0.15, 0.2) is 6.61 Å². The Labute approximate surface area is 130 Å². The molecule has 0 fully saturated rings. The Morgan fingerprint density at radius 2 is 1.20 bits per heavy atom. The monoisotopic (exact) mass is 404 g/mol. The van der Waals surface area contributed by atoms with Crippen molar-refractivity contribution in [2.75, 3.05) is 19.9 Å². The molecule has 0 unspecified atom stereocenters. The zero-order valence-electron chi connectivity index (χ0n) is 11.6. The van der Waals surface area contributed by atoms with Crippen molar-refractivity contribution < 1.29 is 67.0 Å². The van der Waals surface area contributed by atoms with Crippen molar-refractivity contribution in [3.8, 4) is 0 Å². The SMILES string of the molecule is O=C(OCCCF)OCC(F)(F)C(F)(F)C(F)(F)C(F)(F)C(F)(F)F. The third kappa shape index (κ3) is 4.54. The van der Waals surface area contributed by atoms with Crippen LogP contribution in [0.5, 0.6) is 0 Å². The molecule has 0 saturated carbocycles. The van der Waals surface area contributed by atoms with Crippen LogP contribution in [-0.2, 0) is 9.47 Å². The average Bonchev–Trinajstić information content (AvgIpc) is 2.43. The summed E-state index contributed by atoms with van der Waals surface area (Å²) in [4.78, 5) is 10.6. The van der Waals surface area contributed by atoms with Crippen molar-refractivity contribution in [2.45, 2.75) is 36.3 Å². The van der Waals surface area contributed by atoms with Crippen LogP contribution in [0.2, 0.25) is 0 Å². The van der Waals surface area contributed by atoms with Crippen LogP contribution in [0.25, 0.3) is 0 Å². The Hall–Kier alpha value is -1.57. The zero-order valence-corrected chi connectivity index (χ0v) is 11.6. The first-order valence-corrected chi connectivity index (χ1v) is 5.89. The fourth-order valence-corrected chi connectivity index (χ4v) is 1.10. The van der Waals surface area contributed by atoms with Gasteiger partial charge in [-0.05, 0) is 0 Å². The lowest BCUT2D eigenvalue weighted by atomic mass is 9.98. The van der Waals surface area contributed by atoms with E-state index in [4.69, 9.17) is 0 Å². The molecular weight excluding hydrogens is 396 g/mol. The van der Waals surface area contributed by atoms with Crippen LogP contribution in [-0.4, -0.2) is 55.9 Å². The topological polar surface area (TPSA) is 35.5 Å². The van der Waals surface area contributed by atoms with E-state index in [-0.39, 0.29) is 0 Å². The lowest BCUT2D eigenvalue weighted by molar-refractivity contribution is -0.423. The van der Waals surface area contributed by atoms with Crippen molar-refractivity contribution in [1.82, 2.24) is 0 Å². The lowest BCUT2D eigenvalue weighted by Crippen LogP contribution is -2.67. The van der Waals surface area contributed by atoms with Crippen molar-refractivity contribution in [1.29, 1.82) is 0 Å². The molecule has 3 nitrogen and oxygen atoms in total. The second-order valence-corrected chi connectivity index (χ2v) is 4.36. The van der Waals surface area contributed by atoms with Gasteiger partial charge in [-0.25, -0.2) is 4.79 Å². The molecule has 25 heavy (non-hydrogen) atoms. The molecule has 0 rings (SSSR count). The van der Waals surface area contributed by atoms with Crippen LogP contribution in [0.15, 0.2) is 0 Å². The van der Waals surface area contributed by atoms with E-state index in [0.717, 1.165) is 0 Å². The highest BCUT2D eigenvalue weighted by atomic mass is 19.4. The quantitative estimate of drug-likeness (QED) is 0.337. The summed E-state index contributed by atoms with van der Waals surface area (Å²) in [5.74, 6) is -28.7. The van der Waals surface area contributed by atoms with E-state index in [1.807, 2.05) is 0 Å². The molecule has 0 aromatic rings. The van der Waals surface area contributed by atoms with E-state index in [9.17, 15) is 57.5 Å². The highest BCUT2D eigenvalue weighted by Gasteiger charge is 2.87. The van der Waals surface area contributed by atoms with Gasteiger partial charge in [0.25, 0.3) is 0 Å². The molecule has 0 saturated heterocycles. The number of carbonyl (C=O) groups excluding carboxylic acids is 1. The molecule has 0 radical (unpaired) electrons. The minimum absolute atomic E-state index is 0.475. The minimum atomic E-state index is -7.58. The second kappa shape index (κ2) is 7.35. The molecule has 0 aromatic heterocycles. The van der Waals surface area contributed by atoms with E-state index < -0.39 is 62.3 Å². The van der Waals surface area contributed by atoms with E-state index in [1.165, 1.54) is 0 Å². The Bertz CT molecular complexity index is 459. The maximum Gasteiger partial charge on any atom is 0.508 e. The van der Waals surface area contributed by atoms with E-state index in [1.54, 1.807) is 0 Å². The lowest BCUT2D eigenvalue weighted by Gasteiger charge is -2.36. The Kier molecular flexibility index (Phi) is 6.89. The van der Waals surface area contributed by atoms with E-state index in [2.05, 4.69) is 9.47 Å². The van der Waals surface area contributed by atoms with E-state index >= 15 is 0 Å². The summed E-state index contributed by atoms with van der Waals surface area (Å²) >= 11 is 0. The van der Waals surface area contributed by atoms with Crippen LogP contribution >= 0.6 is 0 Å². The molecule has 0 aliphatic heterocycles. The average molecular weight is 404 g/mol. The van der Waals surface area contributed by atoms with Crippen LogP contribution in [0.4, 0.5) is 57.5 Å². The number of alkyl halides is 12. The largest absolute Gasteiger partial charge is 0.508 e. The van der Waals surface area contributed by atoms with E-state index in [0.29, 0.717) is 0 Å².